The number of rotatable bonds is 5. The molecular formula is C15H13N3O4. The Bertz CT molecular complexity index is 705. The van der Waals surface area contributed by atoms with Crippen molar-refractivity contribution >= 4 is 11.6 Å². The number of hydrogen-bond donors (Lipinski definition) is 1. The summed E-state index contributed by atoms with van der Waals surface area (Å²) in [5.41, 5.74) is 0.394. The topological polar surface area (TPSA) is 94.4 Å². The second-order valence-corrected chi connectivity index (χ2v) is 4.97. The Kier molecular flexibility index (Phi) is 3.69. The first kappa shape index (κ1) is 14.0. The molecule has 0 unspecified atom stereocenters. The van der Waals surface area contributed by atoms with Crippen LogP contribution in [-0.2, 0) is 4.79 Å². The molecule has 1 heterocycles. The zero-order valence-electron chi connectivity index (χ0n) is 11.5. The van der Waals surface area contributed by atoms with E-state index in [0.717, 1.165) is 0 Å². The monoisotopic (exact) mass is 299 g/mol. The van der Waals surface area contributed by atoms with Crippen LogP contribution in [0.3, 0.4) is 0 Å². The Morgan fingerprint density at radius 3 is 2.77 bits per heavy atom. The van der Waals surface area contributed by atoms with Gasteiger partial charge in [0.15, 0.2) is 5.75 Å². The van der Waals surface area contributed by atoms with Crippen LogP contribution >= 0.6 is 0 Å². The molecule has 0 aliphatic heterocycles. The summed E-state index contributed by atoms with van der Waals surface area (Å²) in [5.74, 6) is 0.0963. The van der Waals surface area contributed by atoms with E-state index in [9.17, 15) is 14.9 Å². The van der Waals surface area contributed by atoms with Crippen molar-refractivity contribution in [3.05, 3.63) is 58.9 Å². The highest BCUT2D eigenvalue weighted by Gasteiger charge is 2.53. The molecule has 112 valence electrons. The first-order chi connectivity index (χ1) is 10.6. The highest BCUT2D eigenvalue weighted by Crippen LogP contribution is 2.35. The van der Waals surface area contributed by atoms with Gasteiger partial charge in [0, 0.05) is 23.6 Å². The third-order valence-corrected chi connectivity index (χ3v) is 3.37. The van der Waals surface area contributed by atoms with E-state index in [2.05, 4.69) is 10.3 Å². The number of hydrogen-bond acceptors (Lipinski definition) is 5. The van der Waals surface area contributed by atoms with Crippen molar-refractivity contribution in [1.82, 2.24) is 4.98 Å². The maximum Gasteiger partial charge on any atom is 0.234 e. The van der Waals surface area contributed by atoms with Gasteiger partial charge >= 0.3 is 0 Å². The van der Waals surface area contributed by atoms with E-state index in [1.807, 2.05) is 18.2 Å². The molecule has 0 radical (unpaired) electrons. The van der Waals surface area contributed by atoms with Crippen LogP contribution in [0, 0.1) is 16.0 Å². The molecular weight excluding hydrogens is 286 g/mol. The van der Waals surface area contributed by atoms with Crippen LogP contribution in [0.4, 0.5) is 5.69 Å². The van der Waals surface area contributed by atoms with Gasteiger partial charge in [-0.25, -0.2) is 0 Å². The molecule has 1 N–H and O–H groups in total. The maximum atomic E-state index is 12.0. The summed E-state index contributed by atoms with van der Waals surface area (Å²) in [6.07, 6.45) is 3.28. The summed E-state index contributed by atoms with van der Waals surface area (Å²) in [4.78, 5) is 26.1. The Balaban J connectivity index is 1.72. The van der Waals surface area contributed by atoms with Crippen molar-refractivity contribution in [2.75, 3.05) is 5.32 Å². The molecule has 1 aromatic carbocycles. The number of amides is 1. The highest BCUT2D eigenvalue weighted by molar-refractivity contribution is 5.95. The van der Waals surface area contributed by atoms with Gasteiger partial charge in [0.1, 0.15) is 17.4 Å². The lowest BCUT2D eigenvalue weighted by Crippen LogP contribution is -2.18. The van der Waals surface area contributed by atoms with Crippen molar-refractivity contribution < 1.29 is 14.5 Å². The molecule has 1 aliphatic rings. The predicted molar refractivity (Wildman–Crippen MR) is 78.3 cm³/mol. The van der Waals surface area contributed by atoms with Crippen LogP contribution in [0.25, 0.3) is 0 Å². The number of anilines is 1. The lowest BCUT2D eigenvalue weighted by atomic mass is 10.3. The molecule has 0 spiro atoms. The highest BCUT2D eigenvalue weighted by atomic mass is 16.6. The van der Waals surface area contributed by atoms with Crippen LogP contribution in [-0.4, -0.2) is 21.9 Å². The fourth-order valence-corrected chi connectivity index (χ4v) is 2.10. The minimum atomic E-state index is -0.782. The van der Waals surface area contributed by atoms with E-state index in [-0.39, 0.29) is 12.3 Å². The van der Waals surface area contributed by atoms with Crippen LogP contribution in [0.2, 0.25) is 0 Å². The number of carbonyl (C=O) groups is 1. The van der Waals surface area contributed by atoms with Gasteiger partial charge in [-0.3, -0.25) is 19.9 Å². The van der Waals surface area contributed by atoms with Gasteiger partial charge in [0.05, 0.1) is 6.20 Å². The number of pyridine rings is 1. The molecule has 2 aromatic rings. The standard InChI is InChI=1S/C15H13N3O4/c19-15(11-8-13(11)18(20)21)17-12-9-16-7-6-14(12)22-10-4-2-1-3-5-10/h1-7,9,11,13H,8H2,(H,17,19)/t11-,13+/m1/s1. The molecule has 3 rings (SSSR count). The fraction of sp³-hybridized carbons (Fsp3) is 0.200. The summed E-state index contributed by atoms with van der Waals surface area (Å²) in [6.45, 7) is 0. The second kappa shape index (κ2) is 5.80. The van der Waals surface area contributed by atoms with Gasteiger partial charge in [0.2, 0.25) is 11.9 Å². The van der Waals surface area contributed by atoms with Crippen molar-refractivity contribution in [3.8, 4) is 11.5 Å². The number of nitrogens with zero attached hydrogens (tertiary/aromatic N) is 2. The third-order valence-electron chi connectivity index (χ3n) is 3.37. The average Bonchev–Trinajstić information content (AvgIpc) is 3.31. The van der Waals surface area contributed by atoms with E-state index in [0.29, 0.717) is 17.2 Å². The third kappa shape index (κ3) is 3.03. The second-order valence-electron chi connectivity index (χ2n) is 4.97. The summed E-state index contributed by atoms with van der Waals surface area (Å²) >= 11 is 0. The zero-order valence-corrected chi connectivity index (χ0v) is 11.5. The summed E-state index contributed by atoms with van der Waals surface area (Å²) < 4.78 is 5.70. The van der Waals surface area contributed by atoms with Crippen LogP contribution in [0.1, 0.15) is 6.42 Å². The van der Waals surface area contributed by atoms with E-state index in [1.54, 1.807) is 24.4 Å². The van der Waals surface area contributed by atoms with E-state index in [4.69, 9.17) is 4.74 Å². The molecule has 7 heteroatoms. The van der Waals surface area contributed by atoms with E-state index in [1.165, 1.54) is 6.20 Å². The van der Waals surface area contributed by atoms with Gasteiger partial charge in [0.25, 0.3) is 0 Å². The Morgan fingerprint density at radius 1 is 1.32 bits per heavy atom. The fourth-order valence-electron chi connectivity index (χ4n) is 2.10. The molecule has 1 aliphatic carbocycles. The van der Waals surface area contributed by atoms with Gasteiger partial charge in [-0.2, -0.15) is 0 Å². The number of carbonyl (C=O) groups excluding carboxylic acids is 1. The molecule has 1 amide bonds. The molecule has 0 bridgehead atoms. The molecule has 2 atom stereocenters. The van der Waals surface area contributed by atoms with E-state index >= 15 is 0 Å². The maximum absolute atomic E-state index is 12.0. The average molecular weight is 299 g/mol. The molecule has 22 heavy (non-hydrogen) atoms. The normalized spacial score (nSPS) is 19.3. The van der Waals surface area contributed by atoms with Crippen molar-refractivity contribution in [2.24, 2.45) is 5.92 Å². The largest absolute Gasteiger partial charge is 0.455 e. The SMILES string of the molecule is O=C(Nc1cnccc1Oc1ccccc1)[C@@H]1C[C@@H]1[N+](=O)[O-]. The smallest absolute Gasteiger partial charge is 0.234 e. The van der Waals surface area contributed by atoms with Crippen molar-refractivity contribution in [1.29, 1.82) is 0 Å². The van der Waals surface area contributed by atoms with Gasteiger partial charge in [-0.1, -0.05) is 18.2 Å². The number of nitro groups is 1. The van der Waals surface area contributed by atoms with Gasteiger partial charge in [-0.05, 0) is 12.1 Å². The minimum Gasteiger partial charge on any atom is -0.455 e. The Labute approximate surface area is 126 Å². The summed E-state index contributed by atoms with van der Waals surface area (Å²) in [6, 6.07) is 9.95. The first-order valence-corrected chi connectivity index (χ1v) is 6.76. The molecule has 0 saturated heterocycles. The Hall–Kier alpha value is -2.96. The lowest BCUT2D eigenvalue weighted by molar-refractivity contribution is -0.497. The summed E-state index contributed by atoms with van der Waals surface area (Å²) in [7, 11) is 0. The first-order valence-electron chi connectivity index (χ1n) is 6.76. The number of ether oxygens (including phenoxy) is 1. The van der Waals surface area contributed by atoms with Crippen molar-refractivity contribution in [3.63, 3.8) is 0 Å². The van der Waals surface area contributed by atoms with Crippen molar-refractivity contribution in [2.45, 2.75) is 12.5 Å². The van der Waals surface area contributed by atoms with Crippen LogP contribution in [0.15, 0.2) is 48.8 Å². The number of para-hydroxylation sites is 1. The number of benzene rings is 1. The van der Waals surface area contributed by atoms with Gasteiger partial charge in [-0.15, -0.1) is 0 Å². The number of aromatic nitrogens is 1. The molecule has 1 fully saturated rings. The quantitative estimate of drug-likeness (QED) is 0.676. The van der Waals surface area contributed by atoms with Gasteiger partial charge < -0.3 is 10.1 Å². The molecule has 1 aromatic heterocycles. The Morgan fingerprint density at radius 2 is 2.09 bits per heavy atom. The molecule has 1 saturated carbocycles. The van der Waals surface area contributed by atoms with Crippen LogP contribution < -0.4 is 10.1 Å². The minimum absolute atomic E-state index is 0.272. The zero-order chi connectivity index (χ0) is 15.5. The number of nitrogens with one attached hydrogen (secondary N) is 1. The van der Waals surface area contributed by atoms with Crippen LogP contribution in [0.5, 0.6) is 11.5 Å². The summed E-state index contributed by atoms with van der Waals surface area (Å²) in [5, 5.41) is 13.3. The molecule has 7 nitrogen and oxygen atoms in total. The predicted octanol–water partition coefficient (Wildman–Crippen LogP) is 2.48. The van der Waals surface area contributed by atoms with E-state index < -0.39 is 16.9 Å². The lowest BCUT2D eigenvalue weighted by Gasteiger charge is -2.11.